The van der Waals surface area contributed by atoms with Gasteiger partial charge in [-0.05, 0) is 35.6 Å². The lowest BCUT2D eigenvalue weighted by atomic mass is 9.72. The number of fused-ring (bicyclic) bond motifs is 1. The highest BCUT2D eigenvalue weighted by atomic mass is 16.2. The number of carbonyl (C=O) groups is 3. The molecule has 0 saturated carbocycles. The molecule has 3 aromatic rings. The third kappa shape index (κ3) is 5.82. The lowest BCUT2D eigenvalue weighted by Crippen LogP contribution is -2.47. The number of aromatic nitrogens is 2. The molecule has 0 aliphatic heterocycles. The first-order valence-electron chi connectivity index (χ1n) is 12.7. The average Bonchev–Trinajstić information content (AvgIpc) is 3.16. The maximum Gasteiger partial charge on any atom is 0.229 e. The first kappa shape index (κ1) is 26.3. The summed E-state index contributed by atoms with van der Waals surface area (Å²) < 4.78 is 0. The number of pyridine rings is 1. The Morgan fingerprint density at radius 2 is 1.84 bits per heavy atom. The van der Waals surface area contributed by atoms with E-state index in [0.717, 1.165) is 28.1 Å². The number of carbonyl (C=O) groups excluding carboxylic acids is 3. The quantitative estimate of drug-likeness (QED) is 0.482. The van der Waals surface area contributed by atoms with Crippen LogP contribution in [0, 0.1) is 10.8 Å². The SMILES string of the molecule is CC(=O)Nc1cc(-c2[nH]c3c(c2Cc2ccccc2)C(=O)CC(C)(C(=O)N(C)CC(C)(C)C)C3)ccn1. The molecule has 7 nitrogen and oxygen atoms in total. The van der Waals surface area contributed by atoms with Crippen LogP contribution in [0.15, 0.2) is 48.7 Å². The molecule has 0 fully saturated rings. The topological polar surface area (TPSA) is 95.2 Å². The Morgan fingerprint density at radius 3 is 2.49 bits per heavy atom. The minimum absolute atomic E-state index is 0.0148. The highest BCUT2D eigenvalue weighted by Crippen LogP contribution is 2.42. The van der Waals surface area contributed by atoms with Gasteiger partial charge < -0.3 is 15.2 Å². The largest absolute Gasteiger partial charge is 0.358 e. The summed E-state index contributed by atoms with van der Waals surface area (Å²) in [6.07, 6.45) is 2.83. The number of nitrogens with one attached hydrogen (secondary N) is 2. The molecule has 1 unspecified atom stereocenters. The zero-order chi connectivity index (χ0) is 27.0. The van der Waals surface area contributed by atoms with Crippen molar-refractivity contribution in [2.24, 2.45) is 10.8 Å². The van der Waals surface area contributed by atoms with Gasteiger partial charge in [-0.25, -0.2) is 4.98 Å². The van der Waals surface area contributed by atoms with Crippen LogP contribution >= 0.6 is 0 Å². The van der Waals surface area contributed by atoms with Crippen molar-refractivity contribution in [2.75, 3.05) is 18.9 Å². The molecule has 0 spiro atoms. The van der Waals surface area contributed by atoms with Gasteiger partial charge in [0, 0.05) is 62.8 Å². The minimum atomic E-state index is -0.824. The number of rotatable bonds is 6. The zero-order valence-electron chi connectivity index (χ0n) is 22.6. The van der Waals surface area contributed by atoms with Crippen LogP contribution in [0.2, 0.25) is 0 Å². The number of amides is 2. The Kier molecular flexibility index (Phi) is 7.09. The summed E-state index contributed by atoms with van der Waals surface area (Å²) >= 11 is 0. The molecule has 2 heterocycles. The second kappa shape index (κ2) is 9.96. The maximum absolute atomic E-state index is 13.7. The van der Waals surface area contributed by atoms with Crippen LogP contribution in [0.4, 0.5) is 5.82 Å². The Morgan fingerprint density at radius 1 is 1.14 bits per heavy atom. The maximum atomic E-state index is 13.7. The van der Waals surface area contributed by atoms with Gasteiger partial charge in [0.05, 0.1) is 11.1 Å². The van der Waals surface area contributed by atoms with Crippen LogP contribution in [-0.2, 0) is 22.4 Å². The molecule has 0 saturated heterocycles. The molecule has 0 radical (unpaired) electrons. The first-order valence-corrected chi connectivity index (χ1v) is 12.7. The number of ketones is 1. The molecule has 194 valence electrons. The van der Waals surface area contributed by atoms with Gasteiger partial charge in [-0.3, -0.25) is 14.4 Å². The number of nitrogens with zero attached hydrogens (tertiary/aromatic N) is 2. The Bertz CT molecular complexity index is 1340. The van der Waals surface area contributed by atoms with E-state index >= 15 is 0 Å². The monoisotopic (exact) mass is 500 g/mol. The van der Waals surface area contributed by atoms with E-state index in [1.54, 1.807) is 17.2 Å². The molecule has 4 rings (SSSR count). The zero-order valence-corrected chi connectivity index (χ0v) is 22.6. The molecule has 1 atom stereocenters. The summed E-state index contributed by atoms with van der Waals surface area (Å²) in [5.41, 5.74) is 4.24. The molecular formula is C30H36N4O3. The predicted molar refractivity (Wildman–Crippen MR) is 145 cm³/mol. The Balaban J connectivity index is 1.78. The lowest BCUT2D eigenvalue weighted by molar-refractivity contribution is -0.141. The van der Waals surface area contributed by atoms with Gasteiger partial charge in [-0.15, -0.1) is 0 Å². The molecule has 2 aromatic heterocycles. The summed E-state index contributed by atoms with van der Waals surface area (Å²) in [5, 5.41) is 2.73. The number of H-pyrrole nitrogens is 1. The van der Waals surface area contributed by atoms with E-state index in [1.807, 2.05) is 50.4 Å². The van der Waals surface area contributed by atoms with Crippen molar-refractivity contribution in [2.45, 2.75) is 53.9 Å². The van der Waals surface area contributed by atoms with E-state index in [1.165, 1.54) is 6.92 Å². The Labute approximate surface area is 218 Å². The second-order valence-corrected chi connectivity index (χ2v) is 11.7. The molecule has 1 aliphatic carbocycles. The number of benzene rings is 1. The summed E-state index contributed by atoms with van der Waals surface area (Å²) in [6.45, 7) is 10.2. The van der Waals surface area contributed by atoms with E-state index < -0.39 is 5.41 Å². The van der Waals surface area contributed by atoms with Gasteiger partial charge >= 0.3 is 0 Å². The molecule has 1 aromatic carbocycles. The van der Waals surface area contributed by atoms with Crippen LogP contribution in [0.1, 0.15) is 68.2 Å². The Hall–Kier alpha value is -3.74. The van der Waals surface area contributed by atoms with Gasteiger partial charge in [0.1, 0.15) is 5.82 Å². The summed E-state index contributed by atoms with van der Waals surface area (Å²) in [4.78, 5) is 48.4. The van der Waals surface area contributed by atoms with Gasteiger partial charge in [0.15, 0.2) is 5.78 Å². The van der Waals surface area contributed by atoms with Crippen molar-refractivity contribution in [3.8, 4) is 11.3 Å². The highest BCUT2D eigenvalue weighted by molar-refractivity contribution is 6.05. The molecule has 1 aliphatic rings. The van der Waals surface area contributed by atoms with Crippen molar-refractivity contribution in [1.82, 2.24) is 14.9 Å². The van der Waals surface area contributed by atoms with Gasteiger partial charge in [0.2, 0.25) is 11.8 Å². The summed E-state index contributed by atoms with van der Waals surface area (Å²) in [5.74, 6) is 0.201. The number of hydrogen-bond acceptors (Lipinski definition) is 4. The molecule has 37 heavy (non-hydrogen) atoms. The van der Waals surface area contributed by atoms with E-state index in [-0.39, 0.29) is 29.4 Å². The number of anilines is 1. The van der Waals surface area contributed by atoms with Gasteiger partial charge in [-0.2, -0.15) is 0 Å². The summed E-state index contributed by atoms with van der Waals surface area (Å²) in [7, 11) is 1.82. The van der Waals surface area contributed by atoms with E-state index in [2.05, 4.69) is 36.1 Å². The van der Waals surface area contributed by atoms with E-state index in [9.17, 15) is 14.4 Å². The van der Waals surface area contributed by atoms with Gasteiger partial charge in [-0.1, -0.05) is 51.1 Å². The molecule has 2 N–H and O–H groups in total. The average molecular weight is 501 g/mol. The molecule has 7 heteroatoms. The van der Waals surface area contributed by atoms with Crippen molar-refractivity contribution >= 4 is 23.4 Å². The standard InChI is InChI=1S/C30H36N4O3/c1-19(35)32-25-15-21(12-13-31-25)27-22(14-20-10-8-7-9-11-20)26-23(33-27)16-30(5,17-24(26)36)28(37)34(6)18-29(2,3)4/h7-13,15,33H,14,16-18H2,1-6H3,(H,31,32,35). The van der Waals surface area contributed by atoms with Crippen molar-refractivity contribution in [3.63, 3.8) is 0 Å². The highest BCUT2D eigenvalue weighted by Gasteiger charge is 2.44. The fraction of sp³-hybridized carbons (Fsp3) is 0.400. The van der Waals surface area contributed by atoms with Crippen LogP contribution in [0.25, 0.3) is 11.3 Å². The van der Waals surface area contributed by atoms with Crippen LogP contribution in [0.5, 0.6) is 0 Å². The van der Waals surface area contributed by atoms with Crippen LogP contribution in [0.3, 0.4) is 0 Å². The fourth-order valence-electron chi connectivity index (χ4n) is 5.41. The predicted octanol–water partition coefficient (Wildman–Crippen LogP) is 5.27. The second-order valence-electron chi connectivity index (χ2n) is 11.7. The van der Waals surface area contributed by atoms with Crippen LogP contribution in [-0.4, -0.2) is 46.1 Å². The normalized spacial score (nSPS) is 17.3. The molecule has 2 amide bonds. The first-order chi connectivity index (χ1) is 17.4. The number of Topliss-reactive ketones (excluding diaryl/α,β-unsaturated/α-hetero) is 1. The minimum Gasteiger partial charge on any atom is -0.358 e. The van der Waals surface area contributed by atoms with E-state index in [4.69, 9.17) is 0 Å². The number of hydrogen-bond donors (Lipinski definition) is 2. The summed E-state index contributed by atoms with van der Waals surface area (Å²) in [6, 6.07) is 13.7. The molecule has 0 bridgehead atoms. The van der Waals surface area contributed by atoms with E-state index in [0.29, 0.717) is 30.8 Å². The molecular weight excluding hydrogens is 464 g/mol. The third-order valence-corrected chi connectivity index (χ3v) is 6.73. The van der Waals surface area contributed by atoms with Crippen LogP contribution < -0.4 is 5.32 Å². The van der Waals surface area contributed by atoms with Gasteiger partial charge in [0.25, 0.3) is 0 Å². The van der Waals surface area contributed by atoms with Crippen molar-refractivity contribution < 1.29 is 14.4 Å². The third-order valence-electron chi connectivity index (χ3n) is 6.73. The van der Waals surface area contributed by atoms with Crippen molar-refractivity contribution in [3.05, 3.63) is 71.0 Å². The lowest BCUT2D eigenvalue weighted by Gasteiger charge is -2.37. The fourth-order valence-corrected chi connectivity index (χ4v) is 5.41. The smallest absolute Gasteiger partial charge is 0.229 e. The number of aromatic amines is 1. The van der Waals surface area contributed by atoms with Crippen molar-refractivity contribution in [1.29, 1.82) is 0 Å².